The van der Waals surface area contributed by atoms with Gasteiger partial charge in [0.05, 0.1) is 6.61 Å². The SMILES string of the molecule is O=C1COCC2(Cc3ccccc3C2=O)N1. The molecule has 1 atom stereocenters. The predicted molar refractivity (Wildman–Crippen MR) is 56.2 cm³/mol. The van der Waals surface area contributed by atoms with Crippen molar-refractivity contribution < 1.29 is 14.3 Å². The molecule has 0 radical (unpaired) electrons. The van der Waals surface area contributed by atoms with Gasteiger partial charge in [-0.25, -0.2) is 0 Å². The lowest BCUT2D eigenvalue weighted by Gasteiger charge is -2.32. The third kappa shape index (κ3) is 1.20. The second kappa shape index (κ2) is 3.15. The number of carbonyl (C=O) groups is 2. The quantitative estimate of drug-likeness (QED) is 0.680. The van der Waals surface area contributed by atoms with Crippen molar-refractivity contribution >= 4 is 11.7 Å². The molecule has 1 heterocycles. The van der Waals surface area contributed by atoms with Gasteiger partial charge >= 0.3 is 0 Å². The number of Topliss-reactive ketones (excluding diaryl/α,β-unsaturated/α-hetero) is 1. The molecular formula is C12H11NO3. The Bertz CT molecular complexity index is 483. The highest BCUT2D eigenvalue weighted by Gasteiger charge is 2.48. The van der Waals surface area contributed by atoms with Crippen LogP contribution in [0.2, 0.25) is 0 Å². The van der Waals surface area contributed by atoms with E-state index in [9.17, 15) is 9.59 Å². The molecule has 1 spiro atoms. The molecule has 2 aliphatic rings. The predicted octanol–water partition coefficient (Wildman–Crippen LogP) is 0.311. The number of carbonyl (C=O) groups excluding carboxylic acids is 2. The fourth-order valence-corrected chi connectivity index (χ4v) is 2.43. The van der Waals surface area contributed by atoms with Crippen LogP contribution in [0.15, 0.2) is 24.3 Å². The van der Waals surface area contributed by atoms with Gasteiger partial charge in [-0.3, -0.25) is 9.59 Å². The highest BCUT2D eigenvalue weighted by molar-refractivity contribution is 6.09. The molecule has 0 aromatic heterocycles. The summed E-state index contributed by atoms with van der Waals surface area (Å²) in [7, 11) is 0. The Balaban J connectivity index is 2.02. The summed E-state index contributed by atoms with van der Waals surface area (Å²) in [5.74, 6) is -0.247. The minimum Gasteiger partial charge on any atom is -0.369 e. The number of ketones is 1. The lowest BCUT2D eigenvalue weighted by molar-refractivity contribution is -0.133. The van der Waals surface area contributed by atoms with Crippen LogP contribution in [0.25, 0.3) is 0 Å². The minimum atomic E-state index is -0.848. The molecule has 1 amide bonds. The first-order chi connectivity index (χ1) is 7.71. The number of ether oxygens (including phenoxy) is 1. The van der Waals surface area contributed by atoms with E-state index in [-0.39, 0.29) is 24.9 Å². The van der Waals surface area contributed by atoms with Crippen LogP contribution in [-0.4, -0.2) is 30.4 Å². The number of rotatable bonds is 0. The van der Waals surface area contributed by atoms with Crippen LogP contribution in [0.4, 0.5) is 0 Å². The number of hydrogen-bond donors (Lipinski definition) is 1. The van der Waals surface area contributed by atoms with Gasteiger partial charge in [0.15, 0.2) is 5.78 Å². The van der Waals surface area contributed by atoms with Crippen LogP contribution in [0.1, 0.15) is 15.9 Å². The number of fused-ring (bicyclic) bond motifs is 1. The lowest BCUT2D eigenvalue weighted by atomic mass is 9.94. The average molecular weight is 217 g/mol. The van der Waals surface area contributed by atoms with E-state index in [1.165, 1.54) is 0 Å². The van der Waals surface area contributed by atoms with Crippen molar-refractivity contribution in [3.63, 3.8) is 0 Å². The molecule has 16 heavy (non-hydrogen) atoms. The van der Waals surface area contributed by atoms with E-state index >= 15 is 0 Å². The first-order valence-electron chi connectivity index (χ1n) is 5.23. The van der Waals surface area contributed by atoms with Gasteiger partial charge in [0.1, 0.15) is 12.1 Å². The van der Waals surface area contributed by atoms with E-state index in [1.807, 2.05) is 18.2 Å². The zero-order valence-corrected chi connectivity index (χ0v) is 8.66. The number of benzene rings is 1. The standard InChI is InChI=1S/C12H11NO3/c14-10-6-16-7-12(13-10)5-8-3-1-2-4-9(8)11(12)15/h1-4H,5-7H2,(H,13,14). The van der Waals surface area contributed by atoms with Gasteiger partial charge in [-0.1, -0.05) is 24.3 Å². The van der Waals surface area contributed by atoms with Gasteiger partial charge in [-0.15, -0.1) is 0 Å². The topological polar surface area (TPSA) is 55.4 Å². The van der Waals surface area contributed by atoms with E-state index in [0.717, 1.165) is 5.56 Å². The third-order valence-corrected chi connectivity index (χ3v) is 3.15. The molecule has 1 aromatic carbocycles. The molecule has 3 rings (SSSR count). The maximum absolute atomic E-state index is 12.2. The smallest absolute Gasteiger partial charge is 0.246 e. The summed E-state index contributed by atoms with van der Waals surface area (Å²) in [6.45, 7) is 0.317. The van der Waals surface area contributed by atoms with Crippen molar-refractivity contribution in [1.29, 1.82) is 0 Å². The van der Waals surface area contributed by atoms with E-state index < -0.39 is 5.54 Å². The summed E-state index contributed by atoms with van der Waals surface area (Å²) < 4.78 is 5.19. The molecule has 1 fully saturated rings. The van der Waals surface area contributed by atoms with Crippen LogP contribution in [0.3, 0.4) is 0 Å². The molecule has 1 aliphatic heterocycles. The number of nitrogens with one attached hydrogen (secondary N) is 1. The Kier molecular flexibility index (Phi) is 1.88. The molecule has 0 bridgehead atoms. The summed E-state index contributed by atoms with van der Waals surface area (Å²) in [5.41, 5.74) is 0.838. The van der Waals surface area contributed by atoms with Crippen molar-refractivity contribution in [3.05, 3.63) is 35.4 Å². The number of morpholine rings is 1. The minimum absolute atomic E-state index is 0.0313. The summed E-state index contributed by atoms with van der Waals surface area (Å²) in [6.07, 6.45) is 0.535. The van der Waals surface area contributed by atoms with Gasteiger partial charge in [-0.2, -0.15) is 0 Å². The van der Waals surface area contributed by atoms with E-state index in [4.69, 9.17) is 4.74 Å². The maximum Gasteiger partial charge on any atom is 0.246 e. The molecule has 4 nitrogen and oxygen atoms in total. The van der Waals surface area contributed by atoms with Crippen LogP contribution in [0, 0.1) is 0 Å². The number of hydrogen-bond acceptors (Lipinski definition) is 3. The Hall–Kier alpha value is -1.68. The molecule has 0 saturated carbocycles. The third-order valence-electron chi connectivity index (χ3n) is 3.15. The molecule has 1 aliphatic carbocycles. The van der Waals surface area contributed by atoms with Crippen molar-refractivity contribution in [2.24, 2.45) is 0 Å². The molecule has 1 aromatic rings. The van der Waals surface area contributed by atoms with Crippen molar-refractivity contribution in [3.8, 4) is 0 Å². The first kappa shape index (κ1) is 9.54. The lowest BCUT2D eigenvalue weighted by Crippen LogP contribution is -2.60. The van der Waals surface area contributed by atoms with E-state index in [1.54, 1.807) is 6.07 Å². The van der Waals surface area contributed by atoms with E-state index in [0.29, 0.717) is 12.0 Å². The second-order valence-electron chi connectivity index (χ2n) is 4.29. The summed E-state index contributed by atoms with van der Waals surface area (Å²) in [4.78, 5) is 23.6. The van der Waals surface area contributed by atoms with Crippen molar-refractivity contribution in [1.82, 2.24) is 5.32 Å². The highest BCUT2D eigenvalue weighted by Crippen LogP contribution is 2.31. The zero-order chi connectivity index (χ0) is 11.2. The van der Waals surface area contributed by atoms with E-state index in [2.05, 4.69) is 5.32 Å². The summed E-state index contributed by atoms with van der Waals surface area (Å²) in [5, 5.41) is 2.77. The average Bonchev–Trinajstić information content (AvgIpc) is 2.53. The second-order valence-corrected chi connectivity index (χ2v) is 4.29. The van der Waals surface area contributed by atoms with Crippen LogP contribution in [0.5, 0.6) is 0 Å². The van der Waals surface area contributed by atoms with Gasteiger partial charge in [-0.05, 0) is 5.56 Å². The van der Waals surface area contributed by atoms with Gasteiger partial charge in [0.2, 0.25) is 5.91 Å². The monoisotopic (exact) mass is 217 g/mol. The Morgan fingerprint density at radius 1 is 1.25 bits per heavy atom. The van der Waals surface area contributed by atoms with Gasteiger partial charge in [0.25, 0.3) is 0 Å². The molecule has 4 heteroatoms. The molecule has 82 valence electrons. The Labute approximate surface area is 92.6 Å². The Morgan fingerprint density at radius 3 is 2.81 bits per heavy atom. The number of amides is 1. The van der Waals surface area contributed by atoms with Gasteiger partial charge in [0, 0.05) is 12.0 Å². The molecule has 1 saturated heterocycles. The van der Waals surface area contributed by atoms with Crippen molar-refractivity contribution in [2.75, 3.05) is 13.2 Å². The fraction of sp³-hybridized carbons (Fsp3) is 0.333. The van der Waals surface area contributed by atoms with Crippen molar-refractivity contribution in [2.45, 2.75) is 12.0 Å². The van der Waals surface area contributed by atoms with Crippen LogP contribution in [-0.2, 0) is 16.0 Å². The molecular weight excluding hydrogens is 206 g/mol. The Morgan fingerprint density at radius 2 is 2.06 bits per heavy atom. The largest absolute Gasteiger partial charge is 0.369 e. The molecule has 1 unspecified atom stereocenters. The summed E-state index contributed by atoms with van der Waals surface area (Å²) >= 11 is 0. The summed E-state index contributed by atoms with van der Waals surface area (Å²) in [6, 6.07) is 7.45. The zero-order valence-electron chi connectivity index (χ0n) is 8.66. The molecule has 1 N–H and O–H groups in total. The fourth-order valence-electron chi connectivity index (χ4n) is 2.43. The van der Waals surface area contributed by atoms with Crippen LogP contribution >= 0.6 is 0 Å². The normalized spacial score (nSPS) is 28.0. The highest BCUT2D eigenvalue weighted by atomic mass is 16.5. The van der Waals surface area contributed by atoms with Gasteiger partial charge < -0.3 is 10.1 Å². The maximum atomic E-state index is 12.2. The van der Waals surface area contributed by atoms with Crippen LogP contribution < -0.4 is 5.32 Å². The first-order valence-corrected chi connectivity index (χ1v) is 5.23.